The molecule has 1 rings (SSSR count). The lowest BCUT2D eigenvalue weighted by atomic mass is 9.80. The Labute approximate surface area is 97.6 Å². The Kier molecular flexibility index (Phi) is 4.47. The van der Waals surface area contributed by atoms with Crippen molar-refractivity contribution in [3.05, 3.63) is 11.8 Å². The summed E-state index contributed by atoms with van der Waals surface area (Å²) in [6, 6.07) is 0. The highest BCUT2D eigenvalue weighted by Gasteiger charge is 2.22. The standard InChI is InChI=1S/C12H23N3O/c1-9(12(2,3)4)8-11-15-14-10(16-11)6-5-7-13/h9H,5-8,13H2,1-4H3. The molecule has 92 valence electrons. The van der Waals surface area contributed by atoms with Gasteiger partial charge in [0.25, 0.3) is 0 Å². The number of nitrogens with zero attached hydrogens (tertiary/aromatic N) is 2. The van der Waals surface area contributed by atoms with E-state index in [4.69, 9.17) is 10.2 Å². The Balaban J connectivity index is 2.52. The van der Waals surface area contributed by atoms with Gasteiger partial charge in [0.2, 0.25) is 11.8 Å². The summed E-state index contributed by atoms with van der Waals surface area (Å²) in [4.78, 5) is 0. The summed E-state index contributed by atoms with van der Waals surface area (Å²) in [6.45, 7) is 9.55. The van der Waals surface area contributed by atoms with Crippen LogP contribution in [0, 0.1) is 11.3 Å². The number of rotatable bonds is 5. The Hall–Kier alpha value is -0.900. The van der Waals surface area contributed by atoms with Crippen molar-refractivity contribution < 1.29 is 4.42 Å². The van der Waals surface area contributed by atoms with Gasteiger partial charge >= 0.3 is 0 Å². The molecule has 0 spiro atoms. The van der Waals surface area contributed by atoms with Gasteiger partial charge in [-0.15, -0.1) is 10.2 Å². The lowest BCUT2D eigenvalue weighted by Gasteiger charge is -2.25. The predicted molar refractivity (Wildman–Crippen MR) is 64.0 cm³/mol. The van der Waals surface area contributed by atoms with E-state index in [0.717, 1.165) is 25.2 Å². The zero-order chi connectivity index (χ0) is 12.2. The molecule has 2 N–H and O–H groups in total. The summed E-state index contributed by atoms with van der Waals surface area (Å²) >= 11 is 0. The molecule has 0 radical (unpaired) electrons. The van der Waals surface area contributed by atoms with E-state index in [-0.39, 0.29) is 5.41 Å². The van der Waals surface area contributed by atoms with E-state index >= 15 is 0 Å². The maximum atomic E-state index is 5.57. The molecule has 0 saturated carbocycles. The van der Waals surface area contributed by atoms with Gasteiger partial charge < -0.3 is 10.2 Å². The molecule has 0 bridgehead atoms. The minimum atomic E-state index is 0.270. The summed E-state index contributed by atoms with van der Waals surface area (Å²) < 4.78 is 5.57. The van der Waals surface area contributed by atoms with Gasteiger partial charge in [-0.05, 0) is 24.3 Å². The van der Waals surface area contributed by atoms with Crippen LogP contribution in [0.25, 0.3) is 0 Å². The van der Waals surface area contributed by atoms with E-state index in [1.165, 1.54) is 0 Å². The third kappa shape index (κ3) is 3.93. The Morgan fingerprint density at radius 1 is 1.25 bits per heavy atom. The van der Waals surface area contributed by atoms with Crippen molar-refractivity contribution in [1.82, 2.24) is 10.2 Å². The zero-order valence-corrected chi connectivity index (χ0v) is 10.8. The van der Waals surface area contributed by atoms with Crippen LogP contribution in [-0.2, 0) is 12.8 Å². The smallest absolute Gasteiger partial charge is 0.216 e. The molecule has 4 heteroatoms. The largest absolute Gasteiger partial charge is 0.425 e. The number of hydrogen-bond acceptors (Lipinski definition) is 4. The minimum absolute atomic E-state index is 0.270. The highest BCUT2D eigenvalue weighted by atomic mass is 16.4. The van der Waals surface area contributed by atoms with Crippen LogP contribution in [0.5, 0.6) is 0 Å². The van der Waals surface area contributed by atoms with Gasteiger partial charge in [-0.3, -0.25) is 0 Å². The fourth-order valence-electron chi connectivity index (χ4n) is 1.29. The summed E-state index contributed by atoms with van der Waals surface area (Å²) in [5, 5.41) is 8.08. The van der Waals surface area contributed by atoms with Gasteiger partial charge in [0.05, 0.1) is 0 Å². The second-order valence-corrected chi connectivity index (χ2v) is 5.45. The van der Waals surface area contributed by atoms with E-state index in [0.29, 0.717) is 18.4 Å². The molecule has 1 aromatic rings. The molecule has 0 aliphatic heterocycles. The average molecular weight is 225 g/mol. The third-order valence-corrected chi connectivity index (χ3v) is 3.06. The van der Waals surface area contributed by atoms with Gasteiger partial charge in [-0.2, -0.15) is 0 Å². The lowest BCUT2D eigenvalue weighted by molar-refractivity contribution is 0.243. The minimum Gasteiger partial charge on any atom is -0.425 e. The fraction of sp³-hybridized carbons (Fsp3) is 0.833. The molecule has 0 aliphatic carbocycles. The number of aryl methyl sites for hydroxylation is 1. The van der Waals surface area contributed by atoms with Crippen molar-refractivity contribution in [2.45, 2.75) is 47.0 Å². The molecule has 1 atom stereocenters. The van der Waals surface area contributed by atoms with Crippen LogP contribution in [-0.4, -0.2) is 16.7 Å². The van der Waals surface area contributed by atoms with Gasteiger partial charge in [0, 0.05) is 12.8 Å². The van der Waals surface area contributed by atoms with Gasteiger partial charge in [0.1, 0.15) is 0 Å². The first-order valence-corrected chi connectivity index (χ1v) is 5.95. The number of nitrogens with two attached hydrogens (primary N) is 1. The van der Waals surface area contributed by atoms with Crippen molar-refractivity contribution in [1.29, 1.82) is 0 Å². The highest BCUT2D eigenvalue weighted by molar-refractivity contribution is 4.86. The topological polar surface area (TPSA) is 64.9 Å². The molecule has 0 aliphatic rings. The molecule has 0 amide bonds. The fourth-order valence-corrected chi connectivity index (χ4v) is 1.29. The Bertz CT molecular complexity index is 314. The second kappa shape index (κ2) is 5.43. The molecule has 1 heterocycles. The van der Waals surface area contributed by atoms with Crippen molar-refractivity contribution in [2.24, 2.45) is 17.1 Å². The maximum absolute atomic E-state index is 5.57. The maximum Gasteiger partial charge on any atom is 0.216 e. The first-order chi connectivity index (χ1) is 7.43. The SMILES string of the molecule is CC(Cc1nnc(CCCN)o1)C(C)(C)C. The first-order valence-electron chi connectivity index (χ1n) is 5.95. The monoisotopic (exact) mass is 225 g/mol. The van der Waals surface area contributed by atoms with Crippen LogP contribution >= 0.6 is 0 Å². The molecule has 16 heavy (non-hydrogen) atoms. The molecule has 1 unspecified atom stereocenters. The summed E-state index contributed by atoms with van der Waals surface area (Å²) in [5.41, 5.74) is 5.70. The van der Waals surface area contributed by atoms with Crippen LogP contribution in [0.1, 0.15) is 45.9 Å². The second-order valence-electron chi connectivity index (χ2n) is 5.45. The van der Waals surface area contributed by atoms with Crippen molar-refractivity contribution >= 4 is 0 Å². The van der Waals surface area contributed by atoms with Crippen molar-refractivity contribution in [2.75, 3.05) is 6.54 Å². The molecule has 1 aromatic heterocycles. The number of hydrogen-bond donors (Lipinski definition) is 1. The summed E-state index contributed by atoms with van der Waals surface area (Å²) in [5.74, 6) is 1.98. The highest BCUT2D eigenvalue weighted by Crippen LogP contribution is 2.28. The van der Waals surface area contributed by atoms with E-state index in [1.807, 2.05) is 0 Å². The Morgan fingerprint density at radius 3 is 2.44 bits per heavy atom. The predicted octanol–water partition coefficient (Wildman–Crippen LogP) is 2.19. The normalized spacial score (nSPS) is 14.1. The molecule has 4 nitrogen and oxygen atoms in total. The number of aromatic nitrogens is 2. The van der Waals surface area contributed by atoms with Gasteiger partial charge in [0.15, 0.2) is 0 Å². The molecule has 0 fully saturated rings. The summed E-state index contributed by atoms with van der Waals surface area (Å²) in [7, 11) is 0. The van der Waals surface area contributed by atoms with Crippen LogP contribution in [0.3, 0.4) is 0 Å². The van der Waals surface area contributed by atoms with E-state index in [1.54, 1.807) is 0 Å². The van der Waals surface area contributed by atoms with Crippen LogP contribution in [0.2, 0.25) is 0 Å². The average Bonchev–Trinajstić information content (AvgIpc) is 2.61. The van der Waals surface area contributed by atoms with Gasteiger partial charge in [-0.25, -0.2) is 0 Å². The summed E-state index contributed by atoms with van der Waals surface area (Å²) in [6.07, 6.45) is 2.53. The first kappa shape index (κ1) is 13.2. The van der Waals surface area contributed by atoms with Crippen LogP contribution in [0.15, 0.2) is 4.42 Å². The molecule has 0 aromatic carbocycles. The van der Waals surface area contributed by atoms with Crippen molar-refractivity contribution in [3.63, 3.8) is 0 Å². The van der Waals surface area contributed by atoms with Crippen molar-refractivity contribution in [3.8, 4) is 0 Å². The Morgan fingerprint density at radius 2 is 1.88 bits per heavy atom. The van der Waals surface area contributed by atoms with E-state index in [9.17, 15) is 0 Å². The molecule has 0 saturated heterocycles. The molecular formula is C12H23N3O. The zero-order valence-electron chi connectivity index (χ0n) is 10.8. The lowest BCUT2D eigenvalue weighted by Crippen LogP contribution is -2.19. The van der Waals surface area contributed by atoms with E-state index < -0.39 is 0 Å². The third-order valence-electron chi connectivity index (χ3n) is 3.06. The molecular weight excluding hydrogens is 202 g/mol. The van der Waals surface area contributed by atoms with Crippen LogP contribution in [0.4, 0.5) is 0 Å². The van der Waals surface area contributed by atoms with Gasteiger partial charge in [-0.1, -0.05) is 27.7 Å². The quantitative estimate of drug-likeness (QED) is 0.834. The van der Waals surface area contributed by atoms with Crippen LogP contribution < -0.4 is 5.73 Å². The van der Waals surface area contributed by atoms with E-state index in [2.05, 4.69) is 37.9 Å².